The predicted octanol–water partition coefficient (Wildman–Crippen LogP) is 2.36. The van der Waals surface area contributed by atoms with Gasteiger partial charge in [0.2, 0.25) is 0 Å². The first-order chi connectivity index (χ1) is 9.63. The summed E-state index contributed by atoms with van der Waals surface area (Å²) in [6.07, 6.45) is 2.11. The molecule has 1 heterocycles. The Kier molecular flexibility index (Phi) is 3.09. The smallest absolute Gasteiger partial charge is 0.339 e. The Morgan fingerprint density at radius 3 is 3.00 bits per heavy atom. The molecule has 20 heavy (non-hydrogen) atoms. The van der Waals surface area contributed by atoms with E-state index in [4.69, 9.17) is 14.4 Å². The molecule has 0 atom stereocenters. The van der Waals surface area contributed by atoms with Crippen LogP contribution in [0, 0.1) is 5.82 Å². The van der Waals surface area contributed by atoms with E-state index in [-0.39, 0.29) is 23.8 Å². The highest BCUT2D eigenvalue weighted by atomic mass is 19.1. The van der Waals surface area contributed by atoms with E-state index in [1.807, 2.05) is 0 Å². The van der Waals surface area contributed by atoms with Gasteiger partial charge in [0.05, 0.1) is 0 Å². The van der Waals surface area contributed by atoms with E-state index < -0.39 is 11.8 Å². The maximum atomic E-state index is 13.0. The van der Waals surface area contributed by atoms with Gasteiger partial charge >= 0.3 is 5.97 Å². The number of hydrogen-bond acceptors (Lipinski definition) is 5. The first kappa shape index (κ1) is 12.6. The molecule has 1 aliphatic carbocycles. The fourth-order valence-electron chi connectivity index (χ4n) is 1.77. The number of hydrogen-bond donors (Lipinski definition) is 1. The van der Waals surface area contributed by atoms with Gasteiger partial charge in [0.1, 0.15) is 17.1 Å². The Labute approximate surface area is 113 Å². The summed E-state index contributed by atoms with van der Waals surface area (Å²) in [6, 6.07) is 3.29. The number of benzene rings is 1. The molecule has 0 amide bonds. The summed E-state index contributed by atoms with van der Waals surface area (Å²) in [5.74, 6) is -0.543. The monoisotopic (exact) mass is 278 g/mol. The van der Waals surface area contributed by atoms with Gasteiger partial charge < -0.3 is 14.4 Å². The Bertz CT molecular complexity index is 652. The maximum absolute atomic E-state index is 13.0. The van der Waals surface area contributed by atoms with Crippen LogP contribution in [0.2, 0.25) is 0 Å². The molecule has 104 valence electrons. The lowest BCUT2D eigenvalue weighted by molar-refractivity contribution is 0.0690. The van der Waals surface area contributed by atoms with Crippen molar-refractivity contribution in [2.45, 2.75) is 25.4 Å². The first-order valence-corrected chi connectivity index (χ1v) is 6.11. The van der Waals surface area contributed by atoms with E-state index in [9.17, 15) is 9.18 Å². The normalized spacial score (nSPS) is 14.2. The molecule has 3 rings (SSSR count). The van der Waals surface area contributed by atoms with Gasteiger partial charge in [-0.05, 0) is 31.0 Å². The second-order valence-electron chi connectivity index (χ2n) is 4.55. The molecule has 0 bridgehead atoms. The van der Waals surface area contributed by atoms with Crippen molar-refractivity contribution in [2.24, 2.45) is 0 Å². The second-order valence-corrected chi connectivity index (χ2v) is 4.55. The third-order valence-electron chi connectivity index (χ3n) is 2.95. The lowest BCUT2D eigenvalue weighted by Crippen LogP contribution is -2.04. The average molecular weight is 278 g/mol. The predicted molar refractivity (Wildman–Crippen MR) is 64.0 cm³/mol. The van der Waals surface area contributed by atoms with Gasteiger partial charge in [-0.3, -0.25) is 0 Å². The van der Waals surface area contributed by atoms with E-state index >= 15 is 0 Å². The van der Waals surface area contributed by atoms with Crippen LogP contribution in [0.1, 0.15) is 40.8 Å². The van der Waals surface area contributed by atoms with Gasteiger partial charge in [0, 0.05) is 5.92 Å². The summed E-state index contributed by atoms with van der Waals surface area (Å²) < 4.78 is 23.3. The van der Waals surface area contributed by atoms with Crippen LogP contribution in [-0.4, -0.2) is 21.2 Å². The largest absolute Gasteiger partial charge is 0.483 e. The van der Waals surface area contributed by atoms with Crippen molar-refractivity contribution in [1.29, 1.82) is 0 Å². The molecule has 0 aliphatic heterocycles. The minimum absolute atomic E-state index is 0.0500. The van der Waals surface area contributed by atoms with Crippen LogP contribution < -0.4 is 4.74 Å². The summed E-state index contributed by atoms with van der Waals surface area (Å²) in [4.78, 5) is 15.1. The van der Waals surface area contributed by atoms with Crippen molar-refractivity contribution >= 4 is 5.97 Å². The van der Waals surface area contributed by atoms with E-state index in [0.717, 1.165) is 25.0 Å². The highest BCUT2D eigenvalue weighted by molar-refractivity contribution is 5.90. The van der Waals surface area contributed by atoms with Crippen molar-refractivity contribution in [3.63, 3.8) is 0 Å². The molecule has 2 aromatic rings. The third kappa shape index (κ3) is 2.61. The van der Waals surface area contributed by atoms with E-state index in [0.29, 0.717) is 11.7 Å². The molecule has 1 N–H and O–H groups in total. The fraction of sp³-hybridized carbons (Fsp3) is 0.308. The van der Waals surface area contributed by atoms with Crippen molar-refractivity contribution in [3.8, 4) is 5.75 Å². The quantitative estimate of drug-likeness (QED) is 0.903. The van der Waals surface area contributed by atoms with Gasteiger partial charge in [0.25, 0.3) is 5.89 Å². The SMILES string of the molecule is O=C(O)c1cc(F)ccc1OCc1nc(C2CC2)no1. The topological polar surface area (TPSA) is 85.5 Å². The van der Waals surface area contributed by atoms with Crippen molar-refractivity contribution < 1.29 is 23.6 Å². The highest BCUT2D eigenvalue weighted by Crippen LogP contribution is 2.38. The lowest BCUT2D eigenvalue weighted by atomic mass is 10.2. The zero-order valence-corrected chi connectivity index (χ0v) is 10.4. The van der Waals surface area contributed by atoms with Crippen LogP contribution in [0.25, 0.3) is 0 Å². The van der Waals surface area contributed by atoms with Crippen molar-refractivity contribution in [1.82, 2.24) is 10.1 Å². The van der Waals surface area contributed by atoms with Gasteiger partial charge in [-0.15, -0.1) is 0 Å². The van der Waals surface area contributed by atoms with Crippen LogP contribution >= 0.6 is 0 Å². The molecular formula is C13H11FN2O4. The van der Waals surface area contributed by atoms with Gasteiger partial charge in [0.15, 0.2) is 12.4 Å². The Balaban J connectivity index is 1.72. The second kappa shape index (κ2) is 4.92. The molecule has 0 unspecified atom stereocenters. The minimum atomic E-state index is -1.26. The number of aromatic carboxylic acids is 1. The molecule has 1 aromatic heterocycles. The summed E-state index contributed by atoms with van der Waals surface area (Å²) in [5.41, 5.74) is -0.244. The number of ether oxygens (including phenoxy) is 1. The molecule has 0 spiro atoms. The van der Waals surface area contributed by atoms with Crippen LogP contribution in [0.3, 0.4) is 0 Å². The average Bonchev–Trinajstić information content (AvgIpc) is 3.17. The number of carbonyl (C=O) groups is 1. The Morgan fingerprint density at radius 2 is 2.30 bits per heavy atom. The number of halogens is 1. The van der Waals surface area contributed by atoms with Gasteiger partial charge in [-0.25, -0.2) is 9.18 Å². The van der Waals surface area contributed by atoms with E-state index in [2.05, 4.69) is 10.1 Å². The highest BCUT2D eigenvalue weighted by Gasteiger charge is 2.28. The molecule has 0 radical (unpaired) electrons. The van der Waals surface area contributed by atoms with E-state index in [1.165, 1.54) is 6.07 Å². The summed E-state index contributed by atoms with van der Waals surface area (Å²) in [6.45, 7) is -0.0500. The number of rotatable bonds is 5. The number of nitrogens with zero attached hydrogens (tertiary/aromatic N) is 2. The summed E-state index contributed by atoms with van der Waals surface area (Å²) >= 11 is 0. The zero-order valence-electron chi connectivity index (χ0n) is 10.4. The molecule has 7 heteroatoms. The molecule has 1 fully saturated rings. The Hall–Kier alpha value is -2.44. The number of carboxylic acid groups (broad SMARTS) is 1. The van der Waals surface area contributed by atoms with Gasteiger partial charge in [-0.2, -0.15) is 4.98 Å². The van der Waals surface area contributed by atoms with Crippen LogP contribution in [0.15, 0.2) is 22.7 Å². The minimum Gasteiger partial charge on any atom is -0.483 e. The first-order valence-electron chi connectivity index (χ1n) is 6.11. The van der Waals surface area contributed by atoms with Gasteiger partial charge in [-0.1, -0.05) is 5.16 Å². The van der Waals surface area contributed by atoms with Crippen molar-refractivity contribution in [3.05, 3.63) is 41.3 Å². The molecule has 1 aliphatic rings. The zero-order chi connectivity index (χ0) is 14.1. The summed E-state index contributed by atoms with van der Waals surface area (Å²) in [5, 5.41) is 12.8. The summed E-state index contributed by atoms with van der Waals surface area (Å²) in [7, 11) is 0. The Morgan fingerprint density at radius 1 is 1.50 bits per heavy atom. The van der Waals surface area contributed by atoms with Crippen LogP contribution in [-0.2, 0) is 6.61 Å². The number of carboxylic acids is 1. The number of aromatic nitrogens is 2. The molecule has 1 saturated carbocycles. The third-order valence-corrected chi connectivity index (χ3v) is 2.95. The van der Waals surface area contributed by atoms with E-state index in [1.54, 1.807) is 0 Å². The molecule has 0 saturated heterocycles. The van der Waals surface area contributed by atoms with Crippen LogP contribution in [0.5, 0.6) is 5.75 Å². The molecule has 6 nitrogen and oxygen atoms in total. The lowest BCUT2D eigenvalue weighted by Gasteiger charge is -2.06. The molecule has 1 aromatic carbocycles. The molecular weight excluding hydrogens is 267 g/mol. The fourth-order valence-corrected chi connectivity index (χ4v) is 1.77. The standard InChI is InChI=1S/C13H11FN2O4/c14-8-3-4-10(9(5-8)13(17)18)19-6-11-15-12(16-20-11)7-1-2-7/h3-5,7H,1-2,6H2,(H,17,18). The van der Waals surface area contributed by atoms with Crippen LogP contribution in [0.4, 0.5) is 4.39 Å². The maximum Gasteiger partial charge on any atom is 0.339 e. The van der Waals surface area contributed by atoms with Crippen molar-refractivity contribution in [2.75, 3.05) is 0 Å².